The predicted octanol–water partition coefficient (Wildman–Crippen LogP) is 5.07. The molecule has 1 aliphatic rings. The average molecular weight is 399 g/mol. The number of non-ortho nitro benzene ring substituents is 1. The van der Waals surface area contributed by atoms with Crippen LogP contribution in [0.3, 0.4) is 0 Å². The second kappa shape index (κ2) is 8.05. The Labute approximate surface area is 172 Å². The molecule has 0 fully saturated rings. The molecule has 0 aromatic heterocycles. The number of nitrogens with zero attached hydrogens (tertiary/aromatic N) is 3. The van der Waals surface area contributed by atoms with E-state index >= 15 is 0 Å². The van der Waals surface area contributed by atoms with Gasteiger partial charge in [-0.05, 0) is 29.3 Å². The van der Waals surface area contributed by atoms with E-state index in [1.54, 1.807) is 12.1 Å². The van der Waals surface area contributed by atoms with Gasteiger partial charge >= 0.3 is 0 Å². The maximum atomic E-state index is 11.3. The highest BCUT2D eigenvalue weighted by Crippen LogP contribution is 2.46. The van der Waals surface area contributed by atoms with Crippen LogP contribution in [0.25, 0.3) is 10.8 Å². The van der Waals surface area contributed by atoms with E-state index in [4.69, 9.17) is 9.47 Å². The van der Waals surface area contributed by atoms with Gasteiger partial charge in [-0.1, -0.05) is 42.5 Å². The summed E-state index contributed by atoms with van der Waals surface area (Å²) in [6.45, 7) is 2.24. The number of fused-ring (bicyclic) bond motifs is 3. The molecule has 148 valence electrons. The molecule has 7 nitrogen and oxygen atoms in total. The van der Waals surface area contributed by atoms with Gasteiger partial charge in [0.05, 0.1) is 17.4 Å². The van der Waals surface area contributed by atoms with Crippen LogP contribution in [0.5, 0.6) is 5.75 Å². The minimum atomic E-state index is -0.571. The van der Waals surface area contributed by atoms with E-state index < -0.39 is 10.8 Å². The van der Waals surface area contributed by atoms with Crippen LogP contribution in [0.2, 0.25) is 0 Å². The minimum Gasteiger partial charge on any atom is -0.483 e. The number of rotatable bonds is 5. The molecule has 0 saturated carbocycles. The number of nitro groups is 1. The second-order valence-corrected chi connectivity index (χ2v) is 6.61. The van der Waals surface area contributed by atoms with E-state index in [0.717, 1.165) is 16.3 Å². The molecule has 0 amide bonds. The molecule has 1 unspecified atom stereocenters. The molecule has 0 saturated heterocycles. The zero-order valence-electron chi connectivity index (χ0n) is 16.1. The molecule has 1 atom stereocenters. The lowest BCUT2D eigenvalue weighted by Crippen LogP contribution is -2.16. The summed E-state index contributed by atoms with van der Waals surface area (Å²) in [6, 6.07) is 20.0. The first kappa shape index (κ1) is 19.2. The van der Waals surface area contributed by atoms with Gasteiger partial charge in [-0.3, -0.25) is 10.1 Å². The molecule has 0 radical (unpaired) electrons. The van der Waals surface area contributed by atoms with Gasteiger partial charge in [0.1, 0.15) is 17.4 Å². The zero-order valence-corrected chi connectivity index (χ0v) is 16.1. The predicted molar refractivity (Wildman–Crippen MR) is 112 cm³/mol. The fourth-order valence-electron chi connectivity index (χ4n) is 3.61. The van der Waals surface area contributed by atoms with E-state index in [1.165, 1.54) is 18.5 Å². The number of ether oxygens (including phenoxy) is 2. The number of nitriles is 1. The van der Waals surface area contributed by atoms with Crippen molar-refractivity contribution < 1.29 is 14.4 Å². The Morgan fingerprint density at radius 2 is 2.07 bits per heavy atom. The van der Waals surface area contributed by atoms with Crippen LogP contribution in [0.4, 0.5) is 5.69 Å². The smallest absolute Gasteiger partial charge is 0.269 e. The van der Waals surface area contributed by atoms with Gasteiger partial charge in [0.25, 0.3) is 5.69 Å². The molecule has 1 heterocycles. The Hall–Kier alpha value is -4.18. The van der Waals surface area contributed by atoms with E-state index in [0.29, 0.717) is 17.9 Å². The second-order valence-electron chi connectivity index (χ2n) is 6.61. The highest BCUT2D eigenvalue weighted by molar-refractivity contribution is 5.90. The zero-order chi connectivity index (χ0) is 21.1. The molecular weight excluding hydrogens is 382 g/mol. The van der Waals surface area contributed by atoms with Crippen molar-refractivity contribution in [1.82, 2.24) is 0 Å². The van der Waals surface area contributed by atoms with Crippen LogP contribution in [-0.2, 0) is 4.74 Å². The summed E-state index contributed by atoms with van der Waals surface area (Å²) in [6.07, 6.45) is 1.24. The fraction of sp³-hybridized carbons (Fsp3) is 0.130. The van der Waals surface area contributed by atoms with Gasteiger partial charge in [-0.15, -0.1) is 0 Å². The van der Waals surface area contributed by atoms with Crippen molar-refractivity contribution >= 4 is 22.9 Å². The van der Waals surface area contributed by atoms with E-state index in [2.05, 4.69) is 11.1 Å². The summed E-state index contributed by atoms with van der Waals surface area (Å²) in [5.74, 6) is 0.0941. The maximum absolute atomic E-state index is 11.3. The number of aliphatic imine (C=N–C) groups is 1. The summed E-state index contributed by atoms with van der Waals surface area (Å²) in [4.78, 5) is 15.1. The quantitative estimate of drug-likeness (QED) is 0.258. The number of hydrogen-bond acceptors (Lipinski definition) is 6. The monoisotopic (exact) mass is 399 g/mol. The average Bonchev–Trinajstić information content (AvgIpc) is 2.78. The number of allylic oxidation sites excluding steroid dienone is 1. The first-order valence-corrected chi connectivity index (χ1v) is 9.36. The van der Waals surface area contributed by atoms with Gasteiger partial charge in [-0.25, -0.2) is 0 Å². The topological polar surface area (TPSA) is 97.8 Å². The molecule has 7 heteroatoms. The Morgan fingerprint density at radius 3 is 2.83 bits per heavy atom. The van der Waals surface area contributed by atoms with Crippen molar-refractivity contribution in [2.75, 3.05) is 6.61 Å². The van der Waals surface area contributed by atoms with Crippen molar-refractivity contribution in [2.24, 2.45) is 4.99 Å². The minimum absolute atomic E-state index is 0.0440. The van der Waals surface area contributed by atoms with Crippen molar-refractivity contribution in [3.05, 3.63) is 93.4 Å². The lowest BCUT2D eigenvalue weighted by molar-refractivity contribution is -0.384. The summed E-state index contributed by atoms with van der Waals surface area (Å²) < 4.78 is 11.1. The van der Waals surface area contributed by atoms with Crippen LogP contribution in [-0.4, -0.2) is 17.9 Å². The Morgan fingerprint density at radius 1 is 1.23 bits per heavy atom. The van der Waals surface area contributed by atoms with Crippen molar-refractivity contribution in [3.63, 3.8) is 0 Å². The highest BCUT2D eigenvalue weighted by atomic mass is 16.6. The van der Waals surface area contributed by atoms with E-state index in [-0.39, 0.29) is 17.1 Å². The summed E-state index contributed by atoms with van der Waals surface area (Å²) >= 11 is 0. The van der Waals surface area contributed by atoms with Crippen LogP contribution in [0.1, 0.15) is 24.0 Å². The van der Waals surface area contributed by atoms with Crippen LogP contribution in [0, 0.1) is 21.4 Å². The SMILES string of the molecule is CCOC=NC1=C(C#N)C(c2cccc([N+](=O)[O-])c2)c2c(ccc3ccccc23)O1. The van der Waals surface area contributed by atoms with Gasteiger partial charge in [0.2, 0.25) is 5.88 Å². The molecule has 30 heavy (non-hydrogen) atoms. The molecule has 0 N–H and O–H groups in total. The third-order valence-corrected chi connectivity index (χ3v) is 4.89. The highest BCUT2D eigenvalue weighted by Gasteiger charge is 2.33. The van der Waals surface area contributed by atoms with Crippen molar-refractivity contribution in [1.29, 1.82) is 5.26 Å². The van der Waals surface area contributed by atoms with E-state index in [1.807, 2.05) is 43.3 Å². The molecule has 3 aromatic rings. The summed E-state index contributed by atoms with van der Waals surface area (Å²) in [7, 11) is 0. The van der Waals surface area contributed by atoms with Crippen LogP contribution < -0.4 is 4.74 Å². The lowest BCUT2D eigenvalue weighted by atomic mass is 9.81. The molecule has 0 bridgehead atoms. The van der Waals surface area contributed by atoms with Crippen LogP contribution in [0.15, 0.2) is 77.1 Å². The third-order valence-electron chi connectivity index (χ3n) is 4.89. The number of hydrogen-bond donors (Lipinski definition) is 0. The Balaban J connectivity index is 2.00. The maximum Gasteiger partial charge on any atom is 0.269 e. The van der Waals surface area contributed by atoms with E-state index in [9.17, 15) is 15.4 Å². The van der Waals surface area contributed by atoms with Gasteiger partial charge in [0.15, 0.2) is 6.40 Å². The van der Waals surface area contributed by atoms with Crippen molar-refractivity contribution in [2.45, 2.75) is 12.8 Å². The van der Waals surface area contributed by atoms with Crippen LogP contribution >= 0.6 is 0 Å². The number of nitro benzene ring substituents is 1. The number of benzene rings is 3. The standard InChI is InChI=1S/C23H17N3O4/c1-2-29-14-25-23-19(13-24)21(16-7-5-8-17(12-16)26(27)28)22-18-9-4-3-6-15(18)10-11-20(22)30-23/h3-12,14,21H,2H2,1H3. The molecule has 3 aromatic carbocycles. The molecule has 0 aliphatic carbocycles. The summed E-state index contributed by atoms with van der Waals surface area (Å²) in [5, 5.41) is 23.2. The molecule has 1 aliphatic heterocycles. The van der Waals surface area contributed by atoms with Crippen molar-refractivity contribution in [3.8, 4) is 11.8 Å². The largest absolute Gasteiger partial charge is 0.483 e. The van der Waals surface area contributed by atoms with Gasteiger partial charge in [0, 0.05) is 17.7 Å². The summed E-state index contributed by atoms with van der Waals surface area (Å²) in [5.41, 5.74) is 1.61. The normalized spacial score (nSPS) is 15.5. The Kier molecular flexibility index (Phi) is 5.14. The fourth-order valence-corrected chi connectivity index (χ4v) is 3.61. The third kappa shape index (κ3) is 3.35. The Bertz CT molecular complexity index is 1240. The molecule has 4 rings (SSSR count). The van der Waals surface area contributed by atoms with Gasteiger partial charge in [-0.2, -0.15) is 10.3 Å². The first-order valence-electron chi connectivity index (χ1n) is 9.36. The lowest BCUT2D eigenvalue weighted by Gasteiger charge is -2.27. The molecule has 0 spiro atoms. The first-order chi connectivity index (χ1) is 14.6. The van der Waals surface area contributed by atoms with Gasteiger partial charge < -0.3 is 9.47 Å². The molecular formula is C23H17N3O4.